The van der Waals surface area contributed by atoms with Crippen LogP contribution in [-0.4, -0.2) is 55.2 Å². The van der Waals surface area contributed by atoms with E-state index in [0.717, 1.165) is 51.4 Å². The van der Waals surface area contributed by atoms with Crippen molar-refractivity contribution in [1.29, 1.82) is 0 Å². The first-order valence-electron chi connectivity index (χ1n) is 7.37. The number of piperazine rings is 1. The van der Waals surface area contributed by atoms with Crippen LogP contribution in [-0.2, 0) is 9.53 Å². The van der Waals surface area contributed by atoms with Crippen LogP contribution in [0.5, 0.6) is 0 Å². The number of aromatic nitrogens is 1. The van der Waals surface area contributed by atoms with Gasteiger partial charge in [0, 0.05) is 39.0 Å². The topological polar surface area (TPSA) is 45.7 Å². The molecule has 3 rings (SSSR count). The number of carbonyl (C=O) groups is 1. The molecule has 0 saturated carbocycles. The molecular formula is C15H21N3O2. The summed E-state index contributed by atoms with van der Waals surface area (Å²) in [5.74, 6) is 1.34. The van der Waals surface area contributed by atoms with Gasteiger partial charge in [-0.05, 0) is 25.0 Å². The second-order valence-corrected chi connectivity index (χ2v) is 5.41. The first-order chi connectivity index (χ1) is 9.84. The van der Waals surface area contributed by atoms with Crippen LogP contribution in [0.3, 0.4) is 0 Å². The molecule has 0 aromatic carbocycles. The third kappa shape index (κ3) is 2.93. The predicted octanol–water partition coefficient (Wildman–Crippen LogP) is 1.16. The normalized spacial score (nSPS) is 23.7. The molecule has 1 aromatic heterocycles. The van der Waals surface area contributed by atoms with Crippen molar-refractivity contribution in [2.24, 2.45) is 5.92 Å². The average molecular weight is 275 g/mol. The van der Waals surface area contributed by atoms with Gasteiger partial charge in [-0.2, -0.15) is 0 Å². The number of hydrogen-bond donors (Lipinski definition) is 0. The van der Waals surface area contributed by atoms with E-state index in [0.29, 0.717) is 6.61 Å². The molecule has 1 amide bonds. The van der Waals surface area contributed by atoms with Crippen LogP contribution < -0.4 is 4.90 Å². The Hall–Kier alpha value is -1.62. The van der Waals surface area contributed by atoms with Gasteiger partial charge in [0.2, 0.25) is 5.91 Å². The van der Waals surface area contributed by atoms with Crippen molar-refractivity contribution in [3.63, 3.8) is 0 Å². The third-order valence-electron chi connectivity index (χ3n) is 4.07. The Kier molecular flexibility index (Phi) is 4.16. The van der Waals surface area contributed by atoms with E-state index in [-0.39, 0.29) is 11.8 Å². The fourth-order valence-corrected chi connectivity index (χ4v) is 2.89. The number of pyridine rings is 1. The summed E-state index contributed by atoms with van der Waals surface area (Å²) in [6, 6.07) is 5.94. The van der Waals surface area contributed by atoms with E-state index < -0.39 is 0 Å². The molecule has 0 spiro atoms. The molecule has 0 aliphatic carbocycles. The van der Waals surface area contributed by atoms with Gasteiger partial charge in [-0.25, -0.2) is 4.98 Å². The Morgan fingerprint density at radius 1 is 1.25 bits per heavy atom. The number of anilines is 1. The second-order valence-electron chi connectivity index (χ2n) is 5.41. The minimum atomic E-state index is 0.0742. The number of rotatable bonds is 2. The van der Waals surface area contributed by atoms with Gasteiger partial charge in [-0.1, -0.05) is 6.07 Å². The first kappa shape index (κ1) is 13.4. The Labute approximate surface area is 119 Å². The third-order valence-corrected chi connectivity index (χ3v) is 4.07. The van der Waals surface area contributed by atoms with Crippen LogP contribution in [0.2, 0.25) is 0 Å². The number of nitrogens with zero attached hydrogens (tertiary/aromatic N) is 3. The quantitative estimate of drug-likeness (QED) is 0.812. The summed E-state index contributed by atoms with van der Waals surface area (Å²) in [5, 5.41) is 0. The predicted molar refractivity (Wildman–Crippen MR) is 76.6 cm³/mol. The van der Waals surface area contributed by atoms with Crippen molar-refractivity contribution in [2.45, 2.75) is 12.8 Å². The van der Waals surface area contributed by atoms with Crippen molar-refractivity contribution in [3.8, 4) is 0 Å². The first-order valence-corrected chi connectivity index (χ1v) is 7.37. The molecule has 108 valence electrons. The van der Waals surface area contributed by atoms with Gasteiger partial charge in [0.25, 0.3) is 0 Å². The van der Waals surface area contributed by atoms with Gasteiger partial charge in [-0.15, -0.1) is 0 Å². The zero-order valence-electron chi connectivity index (χ0n) is 11.7. The fourth-order valence-electron chi connectivity index (χ4n) is 2.89. The summed E-state index contributed by atoms with van der Waals surface area (Å²) in [4.78, 5) is 21.0. The molecule has 2 aliphatic heterocycles. The number of amides is 1. The van der Waals surface area contributed by atoms with E-state index in [1.165, 1.54) is 0 Å². The maximum Gasteiger partial charge on any atom is 0.228 e. The highest BCUT2D eigenvalue weighted by Gasteiger charge is 2.29. The molecule has 0 N–H and O–H groups in total. The molecular weight excluding hydrogens is 254 g/mol. The Balaban J connectivity index is 1.54. The number of carbonyl (C=O) groups excluding carboxylic acids is 1. The molecule has 0 bridgehead atoms. The minimum Gasteiger partial charge on any atom is -0.381 e. The van der Waals surface area contributed by atoms with Crippen molar-refractivity contribution in [1.82, 2.24) is 9.88 Å². The highest BCUT2D eigenvalue weighted by atomic mass is 16.5. The molecule has 20 heavy (non-hydrogen) atoms. The Morgan fingerprint density at radius 2 is 2.10 bits per heavy atom. The van der Waals surface area contributed by atoms with E-state index in [2.05, 4.69) is 9.88 Å². The standard InChI is InChI=1S/C15H21N3O2/c19-15(13-4-3-11-20-12-13)18-9-7-17(8-10-18)14-5-1-2-6-16-14/h1-2,5-6,13H,3-4,7-12H2. The van der Waals surface area contributed by atoms with Crippen LogP contribution in [0, 0.1) is 5.92 Å². The van der Waals surface area contributed by atoms with Crippen LogP contribution >= 0.6 is 0 Å². The lowest BCUT2D eigenvalue weighted by Crippen LogP contribution is -2.51. The van der Waals surface area contributed by atoms with E-state index in [1.807, 2.05) is 29.3 Å². The Bertz CT molecular complexity index is 438. The molecule has 5 nitrogen and oxygen atoms in total. The molecule has 5 heteroatoms. The zero-order valence-corrected chi connectivity index (χ0v) is 11.7. The van der Waals surface area contributed by atoms with Crippen molar-refractivity contribution in [2.75, 3.05) is 44.3 Å². The van der Waals surface area contributed by atoms with Crippen molar-refractivity contribution >= 4 is 11.7 Å². The summed E-state index contributed by atoms with van der Waals surface area (Å²) in [6.07, 6.45) is 3.79. The SMILES string of the molecule is O=C(C1CCCOC1)N1CCN(c2ccccn2)CC1. The van der Waals surface area contributed by atoms with Gasteiger partial charge < -0.3 is 14.5 Å². The molecule has 1 atom stereocenters. The van der Waals surface area contributed by atoms with Gasteiger partial charge in [0.15, 0.2) is 0 Å². The molecule has 1 unspecified atom stereocenters. The summed E-state index contributed by atoms with van der Waals surface area (Å²) in [7, 11) is 0. The lowest BCUT2D eigenvalue weighted by molar-refractivity contribution is -0.140. The smallest absolute Gasteiger partial charge is 0.228 e. The lowest BCUT2D eigenvalue weighted by atomic mass is 10.0. The van der Waals surface area contributed by atoms with E-state index in [9.17, 15) is 4.79 Å². The van der Waals surface area contributed by atoms with Gasteiger partial charge in [0.1, 0.15) is 5.82 Å². The summed E-state index contributed by atoms with van der Waals surface area (Å²) in [5.41, 5.74) is 0. The van der Waals surface area contributed by atoms with E-state index in [4.69, 9.17) is 4.74 Å². The van der Waals surface area contributed by atoms with Crippen molar-refractivity contribution < 1.29 is 9.53 Å². The van der Waals surface area contributed by atoms with Crippen molar-refractivity contribution in [3.05, 3.63) is 24.4 Å². The maximum absolute atomic E-state index is 12.4. The van der Waals surface area contributed by atoms with Gasteiger partial charge in [0.05, 0.1) is 12.5 Å². The molecule has 2 saturated heterocycles. The van der Waals surface area contributed by atoms with Crippen LogP contribution in [0.4, 0.5) is 5.82 Å². The minimum absolute atomic E-state index is 0.0742. The maximum atomic E-state index is 12.4. The van der Waals surface area contributed by atoms with Crippen LogP contribution in [0.1, 0.15) is 12.8 Å². The average Bonchev–Trinajstić information content (AvgIpc) is 2.56. The van der Waals surface area contributed by atoms with Crippen LogP contribution in [0.25, 0.3) is 0 Å². The Morgan fingerprint density at radius 3 is 2.75 bits per heavy atom. The van der Waals surface area contributed by atoms with E-state index >= 15 is 0 Å². The zero-order chi connectivity index (χ0) is 13.8. The molecule has 1 aromatic rings. The molecule has 3 heterocycles. The molecule has 0 radical (unpaired) electrons. The summed E-state index contributed by atoms with van der Waals surface area (Å²) >= 11 is 0. The van der Waals surface area contributed by atoms with Gasteiger partial charge >= 0.3 is 0 Å². The monoisotopic (exact) mass is 275 g/mol. The largest absolute Gasteiger partial charge is 0.381 e. The summed E-state index contributed by atoms with van der Waals surface area (Å²) < 4.78 is 5.42. The molecule has 2 fully saturated rings. The highest BCUT2D eigenvalue weighted by Crippen LogP contribution is 2.19. The lowest BCUT2D eigenvalue weighted by Gasteiger charge is -2.37. The molecule has 2 aliphatic rings. The number of ether oxygens (including phenoxy) is 1. The fraction of sp³-hybridized carbons (Fsp3) is 0.600. The highest BCUT2D eigenvalue weighted by molar-refractivity contribution is 5.79. The van der Waals surface area contributed by atoms with Crippen LogP contribution in [0.15, 0.2) is 24.4 Å². The van der Waals surface area contributed by atoms with E-state index in [1.54, 1.807) is 0 Å². The number of hydrogen-bond acceptors (Lipinski definition) is 4. The summed E-state index contributed by atoms with van der Waals surface area (Å²) in [6.45, 7) is 4.68. The van der Waals surface area contributed by atoms with Gasteiger partial charge in [-0.3, -0.25) is 4.79 Å². The second kappa shape index (κ2) is 6.22.